The van der Waals surface area contributed by atoms with Gasteiger partial charge < -0.3 is 10.5 Å². The van der Waals surface area contributed by atoms with Crippen molar-refractivity contribution in [3.8, 4) is 5.75 Å². The van der Waals surface area contributed by atoms with Crippen molar-refractivity contribution in [2.45, 2.75) is 6.42 Å². The largest absolute Gasteiger partial charge is 0.497 e. The molecule has 0 atom stereocenters. The van der Waals surface area contributed by atoms with E-state index in [0.717, 1.165) is 0 Å². The van der Waals surface area contributed by atoms with Gasteiger partial charge in [-0.15, -0.1) is 0 Å². The summed E-state index contributed by atoms with van der Waals surface area (Å²) in [5, 5.41) is 0. The molecule has 0 unspecified atom stereocenters. The summed E-state index contributed by atoms with van der Waals surface area (Å²) >= 11 is 3.02. The molecule has 0 saturated carbocycles. The predicted molar refractivity (Wildman–Crippen MR) is 58.7 cm³/mol. The lowest BCUT2D eigenvalue weighted by Gasteiger charge is -2.07. The minimum Gasteiger partial charge on any atom is -0.497 e. The van der Waals surface area contributed by atoms with Crippen LogP contribution in [0.5, 0.6) is 5.75 Å². The van der Waals surface area contributed by atoms with Crippen LogP contribution in [0.4, 0.5) is 4.39 Å². The number of halogens is 2. The molecule has 5 heteroatoms. The van der Waals surface area contributed by atoms with Gasteiger partial charge in [0.25, 0.3) is 0 Å². The molecule has 0 fully saturated rings. The van der Waals surface area contributed by atoms with Crippen molar-refractivity contribution >= 4 is 21.7 Å². The molecule has 0 aliphatic heterocycles. The first-order chi connectivity index (χ1) is 7.10. The number of nitrogens with two attached hydrogens (primary N) is 1. The number of rotatable bonds is 4. The number of ether oxygens (including phenoxy) is 1. The van der Waals surface area contributed by atoms with E-state index in [1.54, 1.807) is 0 Å². The number of carbonyl (C=O) groups excluding carboxylic acids is 1. The van der Waals surface area contributed by atoms with E-state index < -0.39 is 5.82 Å². The Bertz CT molecular complexity index is 382. The van der Waals surface area contributed by atoms with E-state index in [0.29, 0.717) is 5.75 Å². The van der Waals surface area contributed by atoms with Gasteiger partial charge in [0, 0.05) is 18.1 Å². The lowest BCUT2D eigenvalue weighted by Crippen LogP contribution is -2.09. The molecule has 0 aliphatic carbocycles. The molecule has 3 nitrogen and oxygen atoms in total. The predicted octanol–water partition coefficient (Wildman–Crippen LogP) is 2.13. The molecule has 0 aliphatic rings. The Kier molecular flexibility index (Phi) is 4.23. The van der Waals surface area contributed by atoms with Gasteiger partial charge in [-0.2, -0.15) is 0 Å². The highest BCUT2D eigenvalue weighted by Crippen LogP contribution is 2.27. The summed E-state index contributed by atoms with van der Waals surface area (Å²) in [6, 6.07) is 2.70. The summed E-state index contributed by atoms with van der Waals surface area (Å²) in [6.45, 7) is 0.240. The van der Waals surface area contributed by atoms with Gasteiger partial charge in [-0.05, 0) is 28.5 Å². The summed E-state index contributed by atoms with van der Waals surface area (Å²) in [5.41, 5.74) is 5.53. The number of carbonyl (C=O) groups is 1. The quantitative estimate of drug-likeness (QED) is 0.857. The highest BCUT2D eigenvalue weighted by molar-refractivity contribution is 9.10. The lowest BCUT2D eigenvalue weighted by atomic mass is 10.1. The van der Waals surface area contributed by atoms with Crippen LogP contribution in [0.15, 0.2) is 16.6 Å². The highest BCUT2D eigenvalue weighted by atomic mass is 79.9. The van der Waals surface area contributed by atoms with Gasteiger partial charge in [0.2, 0.25) is 0 Å². The maximum Gasteiger partial charge on any atom is 0.165 e. The van der Waals surface area contributed by atoms with Gasteiger partial charge in [0.1, 0.15) is 11.6 Å². The minimum absolute atomic E-state index is 0.154. The Labute approximate surface area is 95.5 Å². The fraction of sp³-hybridized carbons (Fsp3) is 0.300. The molecular weight excluding hydrogens is 265 g/mol. The molecular formula is C10H11BrFNO2. The van der Waals surface area contributed by atoms with Gasteiger partial charge >= 0.3 is 0 Å². The van der Waals surface area contributed by atoms with Gasteiger partial charge in [0.05, 0.1) is 11.6 Å². The summed E-state index contributed by atoms with van der Waals surface area (Å²) < 4.78 is 18.3. The summed E-state index contributed by atoms with van der Waals surface area (Å²) in [6.07, 6.45) is 0.186. The molecule has 82 valence electrons. The van der Waals surface area contributed by atoms with Gasteiger partial charge in [-0.25, -0.2) is 4.39 Å². The molecule has 15 heavy (non-hydrogen) atoms. The molecule has 1 aromatic carbocycles. The van der Waals surface area contributed by atoms with Crippen molar-refractivity contribution in [1.82, 2.24) is 0 Å². The number of hydrogen-bond acceptors (Lipinski definition) is 3. The maximum atomic E-state index is 13.3. The first-order valence-electron chi connectivity index (χ1n) is 4.36. The third kappa shape index (κ3) is 2.76. The van der Waals surface area contributed by atoms with E-state index in [2.05, 4.69) is 15.9 Å². The summed E-state index contributed by atoms with van der Waals surface area (Å²) in [7, 11) is 1.42. The fourth-order valence-electron chi connectivity index (χ4n) is 1.15. The zero-order valence-corrected chi connectivity index (χ0v) is 9.80. The van der Waals surface area contributed by atoms with Crippen molar-refractivity contribution < 1.29 is 13.9 Å². The van der Waals surface area contributed by atoms with E-state index >= 15 is 0 Å². The summed E-state index contributed by atoms with van der Waals surface area (Å²) in [5.74, 6) is -0.409. The number of Topliss-reactive ketones (excluding diaryl/α,β-unsaturated/α-hetero) is 1. The van der Waals surface area contributed by atoms with Gasteiger partial charge in [0.15, 0.2) is 5.78 Å². The number of benzene rings is 1. The van der Waals surface area contributed by atoms with Crippen LogP contribution in [0.2, 0.25) is 0 Å². The Morgan fingerprint density at radius 1 is 1.60 bits per heavy atom. The van der Waals surface area contributed by atoms with Crippen molar-refractivity contribution in [1.29, 1.82) is 0 Å². The topological polar surface area (TPSA) is 52.3 Å². The molecule has 0 saturated heterocycles. The number of methoxy groups -OCH3 is 1. The molecule has 0 amide bonds. The number of hydrogen-bond donors (Lipinski definition) is 1. The van der Waals surface area contributed by atoms with Crippen LogP contribution in [-0.2, 0) is 0 Å². The van der Waals surface area contributed by atoms with Crippen molar-refractivity contribution in [3.63, 3.8) is 0 Å². The van der Waals surface area contributed by atoms with Crippen LogP contribution in [0.3, 0.4) is 0 Å². The second-order valence-corrected chi connectivity index (χ2v) is 3.73. The minimum atomic E-state index is -0.519. The average Bonchev–Trinajstić information content (AvgIpc) is 2.22. The lowest BCUT2D eigenvalue weighted by molar-refractivity contribution is 0.0984. The molecule has 1 aromatic rings. The second kappa shape index (κ2) is 5.23. The van der Waals surface area contributed by atoms with Gasteiger partial charge in [-0.3, -0.25) is 4.79 Å². The van der Waals surface area contributed by atoms with Crippen molar-refractivity contribution in [2.24, 2.45) is 5.73 Å². The standard InChI is InChI=1S/C10H11BrFNO2/c1-15-6-4-7(9(14)2-3-13)10(11)8(12)5-6/h4-5H,2-3,13H2,1H3. The Balaban J connectivity index is 3.15. The normalized spacial score (nSPS) is 10.1. The molecule has 1 rings (SSSR count). The monoisotopic (exact) mass is 275 g/mol. The first-order valence-corrected chi connectivity index (χ1v) is 5.15. The van der Waals surface area contributed by atoms with Crippen LogP contribution in [0, 0.1) is 5.82 Å². The van der Waals surface area contributed by atoms with E-state index in [4.69, 9.17) is 10.5 Å². The highest BCUT2D eigenvalue weighted by Gasteiger charge is 2.14. The second-order valence-electron chi connectivity index (χ2n) is 2.93. The molecule has 2 N–H and O–H groups in total. The fourth-order valence-corrected chi connectivity index (χ4v) is 1.60. The van der Waals surface area contributed by atoms with E-state index in [1.165, 1.54) is 19.2 Å². The molecule has 0 heterocycles. The van der Waals surface area contributed by atoms with E-state index in [1.807, 2.05) is 0 Å². The van der Waals surface area contributed by atoms with E-state index in [9.17, 15) is 9.18 Å². The Morgan fingerprint density at radius 3 is 2.80 bits per heavy atom. The van der Waals surface area contributed by atoms with Crippen LogP contribution in [-0.4, -0.2) is 19.4 Å². The molecule has 0 bridgehead atoms. The Morgan fingerprint density at radius 2 is 2.27 bits per heavy atom. The van der Waals surface area contributed by atoms with Gasteiger partial charge in [-0.1, -0.05) is 0 Å². The van der Waals surface area contributed by atoms with E-state index in [-0.39, 0.29) is 28.8 Å². The Hall–Kier alpha value is -0.940. The van der Waals surface area contributed by atoms with Crippen LogP contribution >= 0.6 is 15.9 Å². The van der Waals surface area contributed by atoms with Crippen LogP contribution in [0.1, 0.15) is 16.8 Å². The average molecular weight is 276 g/mol. The number of ketones is 1. The smallest absolute Gasteiger partial charge is 0.165 e. The molecule has 0 aromatic heterocycles. The third-order valence-electron chi connectivity index (χ3n) is 1.91. The zero-order chi connectivity index (χ0) is 11.4. The van der Waals surface area contributed by atoms with Crippen LogP contribution < -0.4 is 10.5 Å². The first kappa shape index (κ1) is 12.1. The summed E-state index contributed by atoms with van der Waals surface area (Å²) in [4.78, 5) is 11.6. The zero-order valence-electron chi connectivity index (χ0n) is 8.22. The molecule has 0 spiro atoms. The molecule has 0 radical (unpaired) electrons. The third-order valence-corrected chi connectivity index (χ3v) is 2.72. The van der Waals surface area contributed by atoms with Crippen LogP contribution in [0.25, 0.3) is 0 Å². The van der Waals surface area contributed by atoms with Crippen molar-refractivity contribution in [2.75, 3.05) is 13.7 Å². The van der Waals surface area contributed by atoms with Crippen molar-refractivity contribution in [3.05, 3.63) is 28.0 Å². The maximum absolute atomic E-state index is 13.3. The SMILES string of the molecule is COc1cc(F)c(Br)c(C(=O)CCN)c1.